The lowest BCUT2D eigenvalue weighted by molar-refractivity contribution is -0.142. The fourth-order valence-corrected chi connectivity index (χ4v) is 3.76. The summed E-state index contributed by atoms with van der Waals surface area (Å²) in [6.45, 7) is 4.66. The molecule has 10 nitrogen and oxygen atoms in total. The van der Waals surface area contributed by atoms with Crippen LogP contribution in [0.25, 0.3) is 11.4 Å². The highest BCUT2D eigenvalue weighted by molar-refractivity contribution is 7.13. The number of anilines is 1. The minimum absolute atomic E-state index is 0.144. The van der Waals surface area contributed by atoms with E-state index < -0.39 is 0 Å². The van der Waals surface area contributed by atoms with Gasteiger partial charge in [-0.05, 0) is 18.6 Å². The Bertz CT molecular complexity index is 1240. The van der Waals surface area contributed by atoms with Crippen molar-refractivity contribution in [2.75, 3.05) is 12.0 Å². The van der Waals surface area contributed by atoms with E-state index in [4.69, 9.17) is 9.26 Å². The van der Waals surface area contributed by atoms with Crippen molar-refractivity contribution in [3.05, 3.63) is 65.0 Å². The number of esters is 1. The summed E-state index contributed by atoms with van der Waals surface area (Å²) in [5.74, 6) is 1.69. The number of benzene rings is 1. The van der Waals surface area contributed by atoms with Gasteiger partial charge < -0.3 is 13.8 Å². The Morgan fingerprint density at radius 2 is 2.24 bits per heavy atom. The summed E-state index contributed by atoms with van der Waals surface area (Å²) in [5.41, 5.74) is 5.21. The molecular formula is C22H23N7O3S. The Hall–Kier alpha value is -3.86. The largest absolute Gasteiger partial charge is 0.466 e. The van der Waals surface area contributed by atoms with Gasteiger partial charge in [-0.1, -0.05) is 30.3 Å². The molecule has 0 saturated carbocycles. The third-order valence-electron chi connectivity index (χ3n) is 4.59. The highest BCUT2D eigenvalue weighted by Gasteiger charge is 2.11. The minimum atomic E-state index is -0.296. The molecule has 0 amide bonds. The summed E-state index contributed by atoms with van der Waals surface area (Å²) in [4.78, 5) is 24.7. The maximum absolute atomic E-state index is 11.6. The van der Waals surface area contributed by atoms with Gasteiger partial charge in [0, 0.05) is 29.8 Å². The summed E-state index contributed by atoms with van der Waals surface area (Å²) in [6.07, 6.45) is 6.31. The lowest BCUT2D eigenvalue weighted by Crippen LogP contribution is -2.07. The Morgan fingerprint density at radius 3 is 3.09 bits per heavy atom. The SMILES string of the molecule is CCOC(=O)Cc1csc(NN=Cc2cccc(-c3noc(Cn4ccnc4CC)n3)c2)n1. The summed E-state index contributed by atoms with van der Waals surface area (Å²) in [6, 6.07) is 7.65. The van der Waals surface area contributed by atoms with E-state index in [2.05, 4.69) is 37.6 Å². The number of carbonyl (C=O) groups is 1. The van der Waals surface area contributed by atoms with E-state index in [1.54, 1.807) is 24.7 Å². The number of aromatic nitrogens is 5. The number of carbonyl (C=O) groups excluding carboxylic acids is 1. The average Bonchev–Trinajstić information content (AvgIpc) is 3.56. The number of ether oxygens (including phenoxy) is 1. The van der Waals surface area contributed by atoms with Crippen molar-refractivity contribution in [1.82, 2.24) is 24.7 Å². The fraction of sp³-hybridized carbons (Fsp3) is 0.273. The zero-order valence-corrected chi connectivity index (χ0v) is 19.1. The van der Waals surface area contributed by atoms with Gasteiger partial charge in [-0.25, -0.2) is 9.97 Å². The molecule has 0 saturated heterocycles. The van der Waals surface area contributed by atoms with Crippen molar-refractivity contribution in [1.29, 1.82) is 0 Å². The number of hydrogen-bond acceptors (Lipinski definition) is 10. The van der Waals surface area contributed by atoms with Crippen molar-refractivity contribution in [3.63, 3.8) is 0 Å². The first-order chi connectivity index (χ1) is 16.1. The van der Waals surface area contributed by atoms with Gasteiger partial charge in [-0.3, -0.25) is 10.2 Å². The van der Waals surface area contributed by atoms with Gasteiger partial charge in [0.2, 0.25) is 16.8 Å². The minimum Gasteiger partial charge on any atom is -0.466 e. The summed E-state index contributed by atoms with van der Waals surface area (Å²) < 4.78 is 12.3. The smallest absolute Gasteiger partial charge is 0.311 e. The highest BCUT2D eigenvalue weighted by Crippen LogP contribution is 2.18. The molecule has 3 heterocycles. The van der Waals surface area contributed by atoms with Crippen LogP contribution in [0.1, 0.15) is 36.8 Å². The van der Waals surface area contributed by atoms with E-state index in [-0.39, 0.29) is 12.4 Å². The maximum Gasteiger partial charge on any atom is 0.311 e. The second-order valence-corrected chi connectivity index (χ2v) is 7.82. The molecule has 0 unspecified atom stereocenters. The number of nitrogens with one attached hydrogen (secondary N) is 1. The first kappa shape index (κ1) is 22.3. The number of imidazole rings is 1. The lowest BCUT2D eigenvalue weighted by atomic mass is 10.1. The Balaban J connectivity index is 1.37. The predicted octanol–water partition coefficient (Wildman–Crippen LogP) is 3.55. The van der Waals surface area contributed by atoms with Crippen LogP contribution in [0.5, 0.6) is 0 Å². The molecule has 4 rings (SSSR count). The molecule has 0 aliphatic heterocycles. The molecule has 0 atom stereocenters. The van der Waals surface area contributed by atoms with Gasteiger partial charge in [0.1, 0.15) is 12.4 Å². The van der Waals surface area contributed by atoms with Crippen LogP contribution in [0.3, 0.4) is 0 Å². The van der Waals surface area contributed by atoms with Crippen molar-refractivity contribution in [3.8, 4) is 11.4 Å². The molecule has 0 radical (unpaired) electrons. The molecule has 0 fully saturated rings. The fourth-order valence-electron chi connectivity index (χ4n) is 3.10. The summed E-state index contributed by atoms with van der Waals surface area (Å²) in [5, 5.41) is 10.7. The van der Waals surface area contributed by atoms with E-state index in [9.17, 15) is 4.79 Å². The third-order valence-corrected chi connectivity index (χ3v) is 5.39. The Morgan fingerprint density at radius 1 is 1.33 bits per heavy atom. The van der Waals surface area contributed by atoms with Crippen molar-refractivity contribution >= 4 is 28.7 Å². The molecule has 0 spiro atoms. The normalized spacial score (nSPS) is 11.2. The van der Waals surface area contributed by atoms with Crippen LogP contribution in [0.15, 0.2) is 51.7 Å². The monoisotopic (exact) mass is 465 g/mol. The molecule has 170 valence electrons. The number of hydrogen-bond donors (Lipinski definition) is 1. The Labute approximate surface area is 194 Å². The molecule has 11 heteroatoms. The molecular weight excluding hydrogens is 442 g/mol. The average molecular weight is 466 g/mol. The van der Waals surface area contributed by atoms with Crippen LogP contribution < -0.4 is 5.43 Å². The van der Waals surface area contributed by atoms with Crippen molar-refractivity contribution in [2.45, 2.75) is 33.2 Å². The van der Waals surface area contributed by atoms with E-state index in [0.717, 1.165) is 23.4 Å². The second kappa shape index (κ2) is 10.6. The molecule has 4 aromatic rings. The number of hydrazone groups is 1. The molecule has 1 aromatic carbocycles. The molecule has 3 aromatic heterocycles. The summed E-state index contributed by atoms with van der Waals surface area (Å²) in [7, 11) is 0. The van der Waals surface area contributed by atoms with Crippen LogP contribution >= 0.6 is 11.3 Å². The standard InChI is InChI=1S/C22H23N7O3S/c1-3-18-23-8-9-29(18)13-19-26-21(28-32-19)16-7-5-6-15(10-16)12-24-27-22-25-17(14-33-22)11-20(30)31-4-2/h5-10,12,14H,3-4,11,13H2,1-2H3,(H,25,27). The quantitative estimate of drug-likeness (QED) is 0.214. The van der Waals surface area contributed by atoms with Gasteiger partial charge in [-0.15, -0.1) is 11.3 Å². The maximum atomic E-state index is 11.6. The van der Waals surface area contributed by atoms with E-state index in [1.807, 2.05) is 35.0 Å². The van der Waals surface area contributed by atoms with Crippen LogP contribution in [0.4, 0.5) is 5.13 Å². The van der Waals surface area contributed by atoms with Gasteiger partial charge in [0.15, 0.2) is 0 Å². The third kappa shape index (κ3) is 5.89. The van der Waals surface area contributed by atoms with E-state index in [0.29, 0.717) is 35.7 Å². The van der Waals surface area contributed by atoms with E-state index >= 15 is 0 Å². The first-order valence-electron chi connectivity index (χ1n) is 10.5. The number of rotatable bonds is 10. The van der Waals surface area contributed by atoms with Crippen LogP contribution in [0.2, 0.25) is 0 Å². The van der Waals surface area contributed by atoms with Gasteiger partial charge >= 0.3 is 5.97 Å². The Kier molecular flexibility index (Phi) is 7.20. The molecule has 0 bridgehead atoms. The molecule has 0 aliphatic carbocycles. The highest BCUT2D eigenvalue weighted by atomic mass is 32.1. The number of aryl methyl sites for hydroxylation is 1. The van der Waals surface area contributed by atoms with Crippen LogP contribution in [0, 0.1) is 0 Å². The molecule has 0 aliphatic rings. The van der Waals surface area contributed by atoms with Gasteiger partial charge in [-0.2, -0.15) is 10.1 Å². The molecule has 33 heavy (non-hydrogen) atoms. The summed E-state index contributed by atoms with van der Waals surface area (Å²) >= 11 is 1.37. The topological polar surface area (TPSA) is 120 Å². The predicted molar refractivity (Wildman–Crippen MR) is 124 cm³/mol. The number of thiazole rings is 1. The zero-order valence-electron chi connectivity index (χ0n) is 18.3. The lowest BCUT2D eigenvalue weighted by Gasteiger charge is -2.01. The zero-order chi connectivity index (χ0) is 23.0. The van der Waals surface area contributed by atoms with Crippen LogP contribution in [-0.4, -0.2) is 43.5 Å². The van der Waals surface area contributed by atoms with Crippen molar-refractivity contribution in [2.24, 2.45) is 5.10 Å². The van der Waals surface area contributed by atoms with Crippen molar-refractivity contribution < 1.29 is 14.1 Å². The first-order valence-corrected chi connectivity index (χ1v) is 11.3. The molecule has 1 N–H and O–H groups in total. The van der Waals surface area contributed by atoms with Gasteiger partial charge in [0.25, 0.3) is 0 Å². The van der Waals surface area contributed by atoms with Crippen LogP contribution in [-0.2, 0) is 28.9 Å². The van der Waals surface area contributed by atoms with Gasteiger partial charge in [0.05, 0.1) is 24.9 Å². The second-order valence-electron chi connectivity index (χ2n) is 6.96. The number of nitrogens with zero attached hydrogens (tertiary/aromatic N) is 6. The van der Waals surface area contributed by atoms with E-state index in [1.165, 1.54) is 11.3 Å².